The standard InChI is InChI=1S/C19H22N4O4S/c1-11-17(18(24)20-9-5-6-16-22-12(2)23-27-16)28-19(21-11)13-7-8-14(25-3)15(10-13)26-4/h7-8,10H,5-6,9H2,1-4H3,(H,20,24). The van der Waals surface area contributed by atoms with Crippen molar-refractivity contribution in [1.29, 1.82) is 0 Å². The van der Waals surface area contributed by atoms with Gasteiger partial charge in [0.2, 0.25) is 5.89 Å². The van der Waals surface area contributed by atoms with E-state index in [9.17, 15) is 4.79 Å². The number of aryl methyl sites for hydroxylation is 3. The Kier molecular flexibility index (Phi) is 6.25. The maximum Gasteiger partial charge on any atom is 0.263 e. The predicted molar refractivity (Wildman–Crippen MR) is 105 cm³/mol. The van der Waals surface area contributed by atoms with Crippen molar-refractivity contribution in [3.05, 3.63) is 40.5 Å². The van der Waals surface area contributed by atoms with E-state index in [1.165, 1.54) is 11.3 Å². The van der Waals surface area contributed by atoms with E-state index < -0.39 is 0 Å². The predicted octanol–water partition coefficient (Wildman–Crippen LogP) is 3.19. The Balaban J connectivity index is 1.63. The van der Waals surface area contributed by atoms with Gasteiger partial charge in [-0.3, -0.25) is 4.79 Å². The van der Waals surface area contributed by atoms with E-state index in [1.807, 2.05) is 25.1 Å². The summed E-state index contributed by atoms with van der Waals surface area (Å²) >= 11 is 1.35. The summed E-state index contributed by atoms with van der Waals surface area (Å²) in [4.78, 5) is 21.8. The molecule has 3 rings (SSSR count). The number of hydrogen-bond acceptors (Lipinski definition) is 8. The Morgan fingerprint density at radius 1 is 1.18 bits per heavy atom. The Hall–Kier alpha value is -2.94. The number of thiazole rings is 1. The molecule has 1 N–H and O–H groups in total. The van der Waals surface area contributed by atoms with Crippen molar-refractivity contribution in [1.82, 2.24) is 20.4 Å². The van der Waals surface area contributed by atoms with E-state index >= 15 is 0 Å². The zero-order valence-corrected chi connectivity index (χ0v) is 17.1. The molecule has 0 fully saturated rings. The molecule has 28 heavy (non-hydrogen) atoms. The average Bonchev–Trinajstić information content (AvgIpc) is 3.30. The topological polar surface area (TPSA) is 99.4 Å². The molecule has 148 valence electrons. The number of carbonyl (C=O) groups is 1. The molecule has 2 aromatic heterocycles. The Labute approximate surface area is 166 Å². The molecule has 1 aromatic carbocycles. The summed E-state index contributed by atoms with van der Waals surface area (Å²) in [6.07, 6.45) is 1.34. The lowest BCUT2D eigenvalue weighted by Crippen LogP contribution is -2.24. The minimum absolute atomic E-state index is 0.136. The van der Waals surface area contributed by atoms with Gasteiger partial charge in [-0.25, -0.2) is 4.98 Å². The highest BCUT2D eigenvalue weighted by Gasteiger charge is 2.17. The molecule has 0 atom stereocenters. The van der Waals surface area contributed by atoms with Gasteiger partial charge < -0.3 is 19.3 Å². The Morgan fingerprint density at radius 3 is 2.64 bits per heavy atom. The van der Waals surface area contributed by atoms with Crippen molar-refractivity contribution in [3.63, 3.8) is 0 Å². The van der Waals surface area contributed by atoms with Crippen molar-refractivity contribution in [2.24, 2.45) is 0 Å². The first-order chi connectivity index (χ1) is 13.5. The van der Waals surface area contributed by atoms with E-state index in [-0.39, 0.29) is 5.91 Å². The first-order valence-electron chi connectivity index (χ1n) is 8.79. The highest BCUT2D eigenvalue weighted by atomic mass is 32.1. The van der Waals surface area contributed by atoms with Gasteiger partial charge in [0.15, 0.2) is 17.3 Å². The van der Waals surface area contributed by atoms with Crippen LogP contribution in [0.4, 0.5) is 0 Å². The SMILES string of the molecule is COc1ccc(-c2nc(C)c(C(=O)NCCCc3nc(C)no3)s2)cc1OC. The molecule has 0 bridgehead atoms. The molecule has 1 amide bonds. The molecule has 0 aliphatic heterocycles. The summed E-state index contributed by atoms with van der Waals surface area (Å²) in [7, 11) is 3.18. The van der Waals surface area contributed by atoms with Crippen LogP contribution in [0, 0.1) is 13.8 Å². The summed E-state index contributed by atoms with van der Waals surface area (Å²) in [5.41, 5.74) is 1.57. The Bertz CT molecular complexity index is 967. The number of nitrogens with one attached hydrogen (secondary N) is 1. The van der Waals surface area contributed by atoms with Crippen molar-refractivity contribution in [3.8, 4) is 22.1 Å². The number of benzene rings is 1. The van der Waals surface area contributed by atoms with Crippen LogP contribution in [-0.4, -0.2) is 41.8 Å². The second-order valence-corrected chi connectivity index (χ2v) is 7.10. The number of ether oxygens (including phenoxy) is 2. The van der Waals surface area contributed by atoms with Crippen molar-refractivity contribution in [2.45, 2.75) is 26.7 Å². The normalized spacial score (nSPS) is 10.7. The first kappa shape index (κ1) is 19.8. The third-order valence-electron chi connectivity index (χ3n) is 4.06. The summed E-state index contributed by atoms with van der Waals surface area (Å²) < 4.78 is 15.7. The summed E-state index contributed by atoms with van der Waals surface area (Å²) in [5.74, 6) is 2.32. The lowest BCUT2D eigenvalue weighted by molar-refractivity contribution is 0.0956. The highest BCUT2D eigenvalue weighted by molar-refractivity contribution is 7.17. The largest absolute Gasteiger partial charge is 0.493 e. The van der Waals surface area contributed by atoms with Gasteiger partial charge in [-0.15, -0.1) is 11.3 Å². The molecule has 0 aliphatic rings. The Morgan fingerprint density at radius 2 is 1.96 bits per heavy atom. The maximum atomic E-state index is 12.5. The molecule has 0 saturated heterocycles. The summed E-state index contributed by atoms with van der Waals surface area (Å²) in [6, 6.07) is 5.57. The zero-order chi connectivity index (χ0) is 20.1. The van der Waals surface area contributed by atoms with Crippen LogP contribution < -0.4 is 14.8 Å². The average molecular weight is 402 g/mol. The molecule has 0 unspecified atom stereocenters. The molecule has 0 saturated carbocycles. The fourth-order valence-corrected chi connectivity index (χ4v) is 3.64. The van der Waals surface area contributed by atoms with Gasteiger partial charge >= 0.3 is 0 Å². The minimum Gasteiger partial charge on any atom is -0.493 e. The van der Waals surface area contributed by atoms with E-state index in [0.29, 0.717) is 53.2 Å². The monoisotopic (exact) mass is 402 g/mol. The molecule has 8 nitrogen and oxygen atoms in total. The fraction of sp³-hybridized carbons (Fsp3) is 0.368. The molecule has 2 heterocycles. The number of hydrogen-bond donors (Lipinski definition) is 1. The van der Waals surface area contributed by atoms with Crippen molar-refractivity contribution in [2.75, 3.05) is 20.8 Å². The molecule has 0 aliphatic carbocycles. The van der Waals surface area contributed by atoms with Gasteiger partial charge in [-0.2, -0.15) is 4.98 Å². The molecule has 9 heteroatoms. The first-order valence-corrected chi connectivity index (χ1v) is 9.60. The lowest BCUT2D eigenvalue weighted by atomic mass is 10.2. The van der Waals surface area contributed by atoms with E-state index in [4.69, 9.17) is 14.0 Å². The minimum atomic E-state index is -0.136. The quantitative estimate of drug-likeness (QED) is 0.578. The van der Waals surface area contributed by atoms with Gasteiger partial charge in [-0.1, -0.05) is 5.16 Å². The van der Waals surface area contributed by atoms with Crippen LogP contribution in [0.3, 0.4) is 0 Å². The van der Waals surface area contributed by atoms with Crippen LogP contribution >= 0.6 is 11.3 Å². The summed E-state index contributed by atoms with van der Waals surface area (Å²) in [6.45, 7) is 4.12. The van der Waals surface area contributed by atoms with Crippen LogP contribution in [0.2, 0.25) is 0 Å². The maximum absolute atomic E-state index is 12.5. The van der Waals surface area contributed by atoms with Crippen LogP contribution in [0.15, 0.2) is 22.7 Å². The smallest absolute Gasteiger partial charge is 0.263 e. The van der Waals surface area contributed by atoms with Gasteiger partial charge in [0, 0.05) is 18.5 Å². The number of amides is 1. The van der Waals surface area contributed by atoms with E-state index in [1.54, 1.807) is 21.1 Å². The van der Waals surface area contributed by atoms with Crippen molar-refractivity contribution < 1.29 is 18.8 Å². The van der Waals surface area contributed by atoms with Crippen LogP contribution in [0.25, 0.3) is 10.6 Å². The van der Waals surface area contributed by atoms with Gasteiger partial charge in [-0.05, 0) is 38.5 Å². The second kappa shape index (κ2) is 8.83. The third-order valence-corrected chi connectivity index (χ3v) is 5.26. The number of rotatable bonds is 8. The second-order valence-electron chi connectivity index (χ2n) is 6.10. The van der Waals surface area contributed by atoms with Gasteiger partial charge in [0.05, 0.1) is 19.9 Å². The highest BCUT2D eigenvalue weighted by Crippen LogP contribution is 2.34. The van der Waals surface area contributed by atoms with Crippen LogP contribution in [0.5, 0.6) is 11.5 Å². The molecular formula is C19H22N4O4S. The zero-order valence-electron chi connectivity index (χ0n) is 16.2. The molecule has 3 aromatic rings. The molecule has 0 spiro atoms. The van der Waals surface area contributed by atoms with Crippen molar-refractivity contribution >= 4 is 17.2 Å². The molecule has 0 radical (unpaired) electrons. The summed E-state index contributed by atoms with van der Waals surface area (Å²) in [5, 5.41) is 7.42. The number of aromatic nitrogens is 3. The number of carbonyl (C=O) groups excluding carboxylic acids is 1. The number of nitrogens with zero attached hydrogens (tertiary/aromatic N) is 3. The van der Waals surface area contributed by atoms with Crippen LogP contribution in [0.1, 0.15) is 33.5 Å². The third kappa shape index (κ3) is 4.48. The molecular weight excluding hydrogens is 380 g/mol. The van der Waals surface area contributed by atoms with Gasteiger partial charge in [0.1, 0.15) is 9.88 Å². The van der Waals surface area contributed by atoms with E-state index in [0.717, 1.165) is 10.6 Å². The lowest BCUT2D eigenvalue weighted by Gasteiger charge is -2.08. The fourth-order valence-electron chi connectivity index (χ4n) is 2.66. The van der Waals surface area contributed by atoms with E-state index in [2.05, 4.69) is 20.4 Å². The van der Waals surface area contributed by atoms with Gasteiger partial charge in [0.25, 0.3) is 5.91 Å². The number of methoxy groups -OCH3 is 2. The van der Waals surface area contributed by atoms with Crippen LogP contribution in [-0.2, 0) is 6.42 Å².